The Balaban J connectivity index is 1.41. The van der Waals surface area contributed by atoms with Gasteiger partial charge in [0.2, 0.25) is 5.95 Å². The smallest absolute Gasteiger partial charge is 0.337 e. The van der Waals surface area contributed by atoms with E-state index in [-0.39, 0.29) is 5.97 Å². The van der Waals surface area contributed by atoms with E-state index < -0.39 is 0 Å². The maximum Gasteiger partial charge on any atom is 0.337 e. The van der Waals surface area contributed by atoms with Crippen LogP contribution < -0.4 is 15.5 Å². The van der Waals surface area contributed by atoms with Crippen molar-refractivity contribution < 1.29 is 9.53 Å². The molecule has 0 spiro atoms. The van der Waals surface area contributed by atoms with Gasteiger partial charge in [0.15, 0.2) is 5.82 Å². The molecule has 0 bridgehead atoms. The number of benzene rings is 2. The first-order chi connectivity index (χ1) is 14.2. The number of rotatable bonds is 6. The van der Waals surface area contributed by atoms with E-state index >= 15 is 0 Å². The van der Waals surface area contributed by atoms with Gasteiger partial charge in [0.05, 0.1) is 18.9 Å². The molecule has 0 saturated carbocycles. The molecule has 0 radical (unpaired) electrons. The Morgan fingerprint density at radius 2 is 1.62 bits per heavy atom. The van der Waals surface area contributed by atoms with Crippen LogP contribution in [0.5, 0.6) is 0 Å². The fraction of sp³-hybridized carbons (Fsp3) is 0.238. The molecule has 3 aromatic rings. The highest BCUT2D eigenvalue weighted by Crippen LogP contribution is 2.23. The molecule has 2 N–H and O–H groups in total. The molecule has 0 unspecified atom stereocenters. The second kappa shape index (κ2) is 8.55. The van der Waals surface area contributed by atoms with E-state index in [0.29, 0.717) is 17.3 Å². The van der Waals surface area contributed by atoms with Gasteiger partial charge in [-0.1, -0.05) is 0 Å². The maximum atomic E-state index is 11.5. The minimum Gasteiger partial charge on any atom is -0.465 e. The zero-order chi connectivity index (χ0) is 20.1. The van der Waals surface area contributed by atoms with Crippen molar-refractivity contribution in [3.8, 4) is 0 Å². The van der Waals surface area contributed by atoms with Crippen molar-refractivity contribution in [2.24, 2.45) is 0 Å². The Hall–Kier alpha value is -3.68. The second-order valence-corrected chi connectivity index (χ2v) is 6.73. The van der Waals surface area contributed by atoms with Gasteiger partial charge in [-0.25, -0.2) is 4.79 Å². The largest absolute Gasteiger partial charge is 0.465 e. The summed E-state index contributed by atoms with van der Waals surface area (Å²) in [5, 5.41) is 14.3. The second-order valence-electron chi connectivity index (χ2n) is 6.73. The normalized spacial score (nSPS) is 13.2. The van der Waals surface area contributed by atoms with E-state index in [4.69, 9.17) is 4.74 Å². The average Bonchev–Trinajstić information content (AvgIpc) is 3.29. The third kappa shape index (κ3) is 4.60. The van der Waals surface area contributed by atoms with E-state index in [0.717, 1.165) is 24.5 Å². The Labute approximate surface area is 168 Å². The molecule has 8 heteroatoms. The lowest BCUT2D eigenvalue weighted by Crippen LogP contribution is -2.17. The van der Waals surface area contributed by atoms with Gasteiger partial charge < -0.3 is 20.3 Å². The summed E-state index contributed by atoms with van der Waals surface area (Å²) in [7, 11) is 1.35. The molecular formula is C21H22N6O2. The molecule has 1 saturated heterocycles. The van der Waals surface area contributed by atoms with Crippen LogP contribution >= 0.6 is 0 Å². The third-order valence-corrected chi connectivity index (χ3v) is 4.73. The van der Waals surface area contributed by atoms with Crippen molar-refractivity contribution >= 4 is 34.8 Å². The quantitative estimate of drug-likeness (QED) is 0.615. The summed E-state index contributed by atoms with van der Waals surface area (Å²) in [4.78, 5) is 18.3. The van der Waals surface area contributed by atoms with Gasteiger partial charge in [-0.2, -0.15) is 10.1 Å². The maximum absolute atomic E-state index is 11.5. The highest BCUT2D eigenvalue weighted by Gasteiger charge is 2.12. The number of anilines is 5. The van der Waals surface area contributed by atoms with E-state index in [1.54, 1.807) is 30.5 Å². The van der Waals surface area contributed by atoms with Crippen LogP contribution in [-0.2, 0) is 4.74 Å². The number of nitrogens with one attached hydrogen (secondary N) is 2. The SMILES string of the molecule is COC(=O)c1ccc(Nc2nncc(Nc3ccc(N4CCCC4)cc3)n2)cc1. The van der Waals surface area contributed by atoms with Crippen molar-refractivity contribution in [3.05, 3.63) is 60.3 Å². The van der Waals surface area contributed by atoms with Crippen molar-refractivity contribution in [3.63, 3.8) is 0 Å². The zero-order valence-electron chi connectivity index (χ0n) is 16.1. The Bertz CT molecular complexity index is 969. The van der Waals surface area contributed by atoms with Crippen LogP contribution in [0.25, 0.3) is 0 Å². The molecule has 4 rings (SSSR count). The average molecular weight is 390 g/mol. The lowest BCUT2D eigenvalue weighted by atomic mass is 10.2. The zero-order valence-corrected chi connectivity index (χ0v) is 16.1. The van der Waals surface area contributed by atoms with Crippen LogP contribution in [-0.4, -0.2) is 41.3 Å². The number of carbonyl (C=O) groups excluding carboxylic acids is 1. The van der Waals surface area contributed by atoms with Crippen LogP contribution in [0.4, 0.5) is 28.8 Å². The third-order valence-electron chi connectivity index (χ3n) is 4.73. The molecular weight excluding hydrogens is 368 g/mol. The van der Waals surface area contributed by atoms with Gasteiger partial charge in [-0.3, -0.25) is 0 Å². The summed E-state index contributed by atoms with van der Waals surface area (Å²) >= 11 is 0. The molecule has 2 aromatic carbocycles. The molecule has 8 nitrogen and oxygen atoms in total. The minimum absolute atomic E-state index is 0.356. The monoisotopic (exact) mass is 390 g/mol. The standard InChI is InChI=1S/C21H22N6O2/c1-29-20(28)15-4-6-17(7-5-15)24-21-25-19(14-22-26-21)23-16-8-10-18(11-9-16)27-12-2-3-13-27/h4-11,14H,2-3,12-13H2,1H3,(H2,23,24,25,26). The number of methoxy groups -OCH3 is 1. The van der Waals surface area contributed by atoms with Crippen LogP contribution in [0.2, 0.25) is 0 Å². The lowest BCUT2D eigenvalue weighted by molar-refractivity contribution is 0.0601. The summed E-state index contributed by atoms with van der Waals surface area (Å²) in [6, 6.07) is 15.2. The molecule has 1 aliphatic rings. The van der Waals surface area contributed by atoms with E-state index in [1.165, 1.54) is 25.6 Å². The summed E-state index contributed by atoms with van der Waals surface area (Å²) in [6.07, 6.45) is 4.08. The van der Waals surface area contributed by atoms with Crippen LogP contribution in [0, 0.1) is 0 Å². The van der Waals surface area contributed by atoms with Crippen molar-refractivity contribution in [1.82, 2.24) is 15.2 Å². The fourth-order valence-electron chi connectivity index (χ4n) is 3.23. The molecule has 148 valence electrons. The number of carbonyl (C=O) groups is 1. The van der Waals surface area contributed by atoms with Gasteiger partial charge in [0.25, 0.3) is 0 Å². The Morgan fingerprint density at radius 1 is 0.966 bits per heavy atom. The molecule has 1 aliphatic heterocycles. The molecule has 0 atom stereocenters. The minimum atomic E-state index is -0.378. The van der Waals surface area contributed by atoms with Crippen molar-refractivity contribution in [2.75, 3.05) is 35.7 Å². The van der Waals surface area contributed by atoms with E-state index in [9.17, 15) is 4.79 Å². The topological polar surface area (TPSA) is 92.3 Å². The number of ether oxygens (including phenoxy) is 1. The molecule has 1 aromatic heterocycles. The molecule has 29 heavy (non-hydrogen) atoms. The first-order valence-corrected chi connectivity index (χ1v) is 9.48. The van der Waals surface area contributed by atoms with E-state index in [2.05, 4.69) is 42.8 Å². The molecule has 0 aliphatic carbocycles. The van der Waals surface area contributed by atoms with Gasteiger partial charge in [0.1, 0.15) is 0 Å². The van der Waals surface area contributed by atoms with Crippen LogP contribution in [0.1, 0.15) is 23.2 Å². The Kier molecular flexibility index (Phi) is 5.51. The number of hydrogen-bond acceptors (Lipinski definition) is 8. The number of hydrogen-bond donors (Lipinski definition) is 2. The fourth-order valence-corrected chi connectivity index (χ4v) is 3.23. The highest BCUT2D eigenvalue weighted by molar-refractivity contribution is 5.89. The van der Waals surface area contributed by atoms with Gasteiger partial charge in [-0.05, 0) is 61.4 Å². The van der Waals surface area contributed by atoms with Crippen LogP contribution in [0.15, 0.2) is 54.7 Å². The number of aromatic nitrogens is 3. The van der Waals surface area contributed by atoms with Gasteiger partial charge in [0, 0.05) is 30.2 Å². The lowest BCUT2D eigenvalue weighted by Gasteiger charge is -2.17. The van der Waals surface area contributed by atoms with Gasteiger partial charge >= 0.3 is 5.97 Å². The molecule has 1 fully saturated rings. The Morgan fingerprint density at radius 3 is 2.31 bits per heavy atom. The first-order valence-electron chi connectivity index (χ1n) is 9.48. The van der Waals surface area contributed by atoms with Crippen molar-refractivity contribution in [1.29, 1.82) is 0 Å². The van der Waals surface area contributed by atoms with Crippen LogP contribution in [0.3, 0.4) is 0 Å². The number of esters is 1. The summed E-state index contributed by atoms with van der Waals surface area (Å²) in [6.45, 7) is 2.25. The molecule has 2 heterocycles. The predicted molar refractivity (Wildman–Crippen MR) is 112 cm³/mol. The number of nitrogens with zero attached hydrogens (tertiary/aromatic N) is 4. The van der Waals surface area contributed by atoms with E-state index in [1.807, 2.05) is 12.1 Å². The van der Waals surface area contributed by atoms with Gasteiger partial charge in [-0.15, -0.1) is 5.10 Å². The highest BCUT2D eigenvalue weighted by atomic mass is 16.5. The first kappa shape index (κ1) is 18.7. The summed E-state index contributed by atoms with van der Waals surface area (Å²) in [5.74, 6) is 0.563. The molecule has 0 amide bonds. The van der Waals surface area contributed by atoms with Crippen molar-refractivity contribution in [2.45, 2.75) is 12.8 Å². The summed E-state index contributed by atoms with van der Waals surface area (Å²) < 4.78 is 4.70. The summed E-state index contributed by atoms with van der Waals surface area (Å²) in [5.41, 5.74) is 3.39. The predicted octanol–water partition coefficient (Wildman–Crippen LogP) is 3.75.